The summed E-state index contributed by atoms with van der Waals surface area (Å²) in [5.41, 5.74) is 0.783. The van der Waals surface area contributed by atoms with Gasteiger partial charge in [0.1, 0.15) is 0 Å². The monoisotopic (exact) mass is 352 g/mol. The first-order valence-electron chi connectivity index (χ1n) is 7.49. The van der Waals surface area contributed by atoms with Gasteiger partial charge >= 0.3 is 0 Å². The van der Waals surface area contributed by atoms with Crippen LogP contribution >= 0.6 is 11.6 Å². The van der Waals surface area contributed by atoms with Crippen LogP contribution in [0.3, 0.4) is 0 Å². The van der Waals surface area contributed by atoms with Gasteiger partial charge in [0.25, 0.3) is 0 Å². The zero-order valence-corrected chi connectivity index (χ0v) is 14.8. The lowest BCUT2D eigenvalue weighted by atomic mass is 10.2. The number of likely N-dealkylation sites (N-methyl/N-ethyl adjacent to an activating group) is 1. The van der Waals surface area contributed by atoms with Gasteiger partial charge in [-0.2, -0.15) is 4.98 Å². The molecule has 0 bridgehead atoms. The van der Waals surface area contributed by atoms with Crippen LogP contribution in [0.5, 0.6) is 0 Å². The third kappa shape index (κ3) is 5.30. The van der Waals surface area contributed by atoms with Crippen LogP contribution in [0.15, 0.2) is 28.8 Å². The smallest absolute Gasteiger partial charge is 0.241 e. The molecule has 130 valence electrons. The topological polar surface area (TPSA) is 71.7 Å². The summed E-state index contributed by atoms with van der Waals surface area (Å²) in [5.74, 6) is 0.909. The summed E-state index contributed by atoms with van der Waals surface area (Å²) in [7, 11) is 5.07. The lowest BCUT2D eigenvalue weighted by molar-refractivity contribution is -0.130. The molecule has 0 N–H and O–H groups in total. The summed E-state index contributed by atoms with van der Waals surface area (Å²) in [6.45, 7) is 1.72. The maximum absolute atomic E-state index is 11.9. The second-order valence-electron chi connectivity index (χ2n) is 5.51. The number of carbonyl (C=O) groups is 1. The Balaban J connectivity index is 2.07. The minimum absolute atomic E-state index is 0.000632. The molecule has 0 saturated carbocycles. The Labute approximate surface area is 146 Å². The first kappa shape index (κ1) is 18.4. The van der Waals surface area contributed by atoms with Gasteiger partial charge in [-0.25, -0.2) is 0 Å². The van der Waals surface area contributed by atoms with E-state index < -0.39 is 0 Å². The number of hydrogen-bond acceptors (Lipinski definition) is 6. The normalized spacial score (nSPS) is 11.0. The molecular weight excluding hydrogens is 332 g/mol. The first-order chi connectivity index (χ1) is 11.5. The number of methoxy groups -OCH3 is 1. The van der Waals surface area contributed by atoms with Crippen molar-refractivity contribution in [1.82, 2.24) is 19.9 Å². The van der Waals surface area contributed by atoms with Crippen molar-refractivity contribution in [2.75, 3.05) is 40.9 Å². The van der Waals surface area contributed by atoms with E-state index in [2.05, 4.69) is 10.1 Å². The van der Waals surface area contributed by atoms with Crippen molar-refractivity contribution in [1.29, 1.82) is 0 Å². The van der Waals surface area contributed by atoms with E-state index in [9.17, 15) is 4.79 Å². The molecule has 1 amide bonds. The molecule has 2 rings (SSSR count). The zero-order valence-electron chi connectivity index (χ0n) is 14.0. The number of carbonyl (C=O) groups excluding carboxylic acids is 1. The minimum Gasteiger partial charge on any atom is -0.383 e. The molecule has 0 aliphatic rings. The molecule has 1 aromatic carbocycles. The number of benzene rings is 1. The van der Waals surface area contributed by atoms with Crippen molar-refractivity contribution in [2.45, 2.75) is 6.54 Å². The van der Waals surface area contributed by atoms with Gasteiger partial charge in [0.05, 0.1) is 19.7 Å². The van der Waals surface area contributed by atoms with E-state index in [1.54, 1.807) is 38.2 Å². The molecule has 1 aromatic heterocycles. The quantitative estimate of drug-likeness (QED) is 0.723. The van der Waals surface area contributed by atoms with Crippen molar-refractivity contribution in [3.8, 4) is 11.4 Å². The minimum atomic E-state index is 0.000632. The summed E-state index contributed by atoms with van der Waals surface area (Å²) in [4.78, 5) is 19.8. The van der Waals surface area contributed by atoms with Gasteiger partial charge in [0.2, 0.25) is 17.6 Å². The highest BCUT2D eigenvalue weighted by atomic mass is 35.5. The average Bonchev–Trinajstić information content (AvgIpc) is 3.01. The average molecular weight is 353 g/mol. The molecule has 8 heteroatoms. The van der Waals surface area contributed by atoms with Crippen LogP contribution in [0.1, 0.15) is 5.89 Å². The van der Waals surface area contributed by atoms with Gasteiger partial charge in [0.15, 0.2) is 0 Å². The first-order valence-corrected chi connectivity index (χ1v) is 7.87. The van der Waals surface area contributed by atoms with Gasteiger partial charge in [-0.05, 0) is 12.1 Å². The van der Waals surface area contributed by atoms with Crippen LogP contribution in [0.2, 0.25) is 5.02 Å². The standard InChI is InChI=1S/C16H21ClN4O3/c1-20(2)15(22)11-21(7-8-23-3)10-14-18-16(19-24-14)12-5-4-6-13(17)9-12/h4-6,9H,7-8,10-11H2,1-3H3. The van der Waals surface area contributed by atoms with Crippen LogP contribution in [0, 0.1) is 0 Å². The summed E-state index contributed by atoms with van der Waals surface area (Å²) < 4.78 is 10.4. The highest BCUT2D eigenvalue weighted by Crippen LogP contribution is 2.20. The second kappa shape index (κ2) is 8.77. The van der Waals surface area contributed by atoms with Gasteiger partial charge in [0, 0.05) is 38.3 Å². The van der Waals surface area contributed by atoms with Crippen molar-refractivity contribution in [3.63, 3.8) is 0 Å². The lowest BCUT2D eigenvalue weighted by Crippen LogP contribution is -2.38. The van der Waals surface area contributed by atoms with Crippen LogP contribution in [-0.4, -0.2) is 66.7 Å². The molecule has 0 fully saturated rings. The van der Waals surface area contributed by atoms with Gasteiger partial charge < -0.3 is 14.2 Å². The van der Waals surface area contributed by atoms with Crippen LogP contribution in [-0.2, 0) is 16.1 Å². The molecule has 0 saturated heterocycles. The number of ether oxygens (including phenoxy) is 1. The summed E-state index contributed by atoms with van der Waals surface area (Å²) in [5, 5.41) is 4.59. The van der Waals surface area contributed by atoms with Crippen molar-refractivity contribution in [3.05, 3.63) is 35.2 Å². The van der Waals surface area contributed by atoms with Crippen LogP contribution < -0.4 is 0 Å². The Morgan fingerprint density at radius 1 is 1.38 bits per heavy atom. The fraction of sp³-hybridized carbons (Fsp3) is 0.438. The van der Waals surface area contributed by atoms with Gasteiger partial charge in [-0.3, -0.25) is 9.69 Å². The summed E-state index contributed by atoms with van der Waals surface area (Å²) in [6.07, 6.45) is 0. The van der Waals surface area contributed by atoms with Crippen LogP contribution in [0.4, 0.5) is 0 Å². The fourth-order valence-electron chi connectivity index (χ4n) is 2.02. The highest BCUT2D eigenvalue weighted by Gasteiger charge is 2.17. The molecule has 0 unspecified atom stereocenters. The van der Waals surface area contributed by atoms with Crippen molar-refractivity contribution < 1.29 is 14.1 Å². The summed E-state index contributed by atoms with van der Waals surface area (Å²) >= 11 is 5.98. The van der Waals surface area contributed by atoms with E-state index in [1.165, 1.54) is 0 Å². The number of nitrogens with zero attached hydrogens (tertiary/aromatic N) is 4. The van der Waals surface area contributed by atoms with E-state index >= 15 is 0 Å². The van der Waals surface area contributed by atoms with E-state index in [-0.39, 0.29) is 12.5 Å². The zero-order chi connectivity index (χ0) is 17.5. The number of amides is 1. The fourth-order valence-corrected chi connectivity index (χ4v) is 2.21. The summed E-state index contributed by atoms with van der Waals surface area (Å²) in [6, 6.07) is 7.24. The molecule has 0 atom stereocenters. The third-order valence-corrected chi connectivity index (χ3v) is 3.61. The Morgan fingerprint density at radius 3 is 2.83 bits per heavy atom. The maximum Gasteiger partial charge on any atom is 0.241 e. The molecule has 0 spiro atoms. The molecule has 1 heterocycles. The number of rotatable bonds is 8. The van der Waals surface area contributed by atoms with Gasteiger partial charge in [-0.15, -0.1) is 0 Å². The SMILES string of the molecule is COCCN(CC(=O)N(C)C)Cc1nc(-c2cccc(Cl)c2)no1. The van der Waals surface area contributed by atoms with E-state index in [0.717, 1.165) is 5.56 Å². The Kier molecular flexibility index (Phi) is 6.72. The van der Waals surface area contributed by atoms with Crippen LogP contribution in [0.25, 0.3) is 11.4 Å². The molecular formula is C16H21ClN4O3. The molecule has 0 aliphatic heterocycles. The molecule has 7 nitrogen and oxygen atoms in total. The van der Waals surface area contributed by atoms with Gasteiger partial charge in [-0.1, -0.05) is 28.9 Å². The molecule has 0 radical (unpaired) electrons. The Hall–Kier alpha value is -1.96. The predicted molar refractivity (Wildman–Crippen MR) is 90.6 cm³/mol. The Morgan fingerprint density at radius 2 is 2.17 bits per heavy atom. The molecule has 2 aromatic rings. The van der Waals surface area contributed by atoms with E-state index in [0.29, 0.717) is 36.4 Å². The Bertz CT molecular complexity index is 675. The van der Waals surface area contributed by atoms with E-state index in [1.807, 2.05) is 17.0 Å². The predicted octanol–water partition coefficient (Wildman–Crippen LogP) is 1.93. The van der Waals surface area contributed by atoms with E-state index in [4.69, 9.17) is 20.9 Å². The lowest BCUT2D eigenvalue weighted by Gasteiger charge is -2.21. The number of hydrogen-bond donors (Lipinski definition) is 0. The maximum atomic E-state index is 11.9. The molecule has 0 aliphatic carbocycles. The number of aromatic nitrogens is 2. The number of halogens is 1. The van der Waals surface area contributed by atoms with Crippen molar-refractivity contribution >= 4 is 17.5 Å². The largest absolute Gasteiger partial charge is 0.383 e. The van der Waals surface area contributed by atoms with Crippen molar-refractivity contribution in [2.24, 2.45) is 0 Å². The molecule has 24 heavy (non-hydrogen) atoms. The third-order valence-electron chi connectivity index (χ3n) is 3.38. The second-order valence-corrected chi connectivity index (χ2v) is 5.95. The highest BCUT2D eigenvalue weighted by molar-refractivity contribution is 6.30.